The molecule has 3 aromatic rings. The predicted octanol–water partition coefficient (Wildman–Crippen LogP) is 4.24. The molecule has 4 rings (SSSR count). The molecule has 1 fully saturated rings. The van der Waals surface area contributed by atoms with Gasteiger partial charge in [-0.05, 0) is 30.3 Å². The first kappa shape index (κ1) is 16.8. The number of carbonyl (C=O) groups excluding carboxylic acids is 1. The molecule has 1 saturated heterocycles. The first-order valence-corrected chi connectivity index (χ1v) is 9.10. The van der Waals surface area contributed by atoms with Crippen molar-refractivity contribution < 1.29 is 13.9 Å². The van der Waals surface area contributed by atoms with Crippen LogP contribution in [0.15, 0.2) is 58.1 Å². The Bertz CT molecular complexity index is 1030. The van der Waals surface area contributed by atoms with Gasteiger partial charge in [0.2, 0.25) is 0 Å². The third kappa shape index (κ3) is 3.11. The average Bonchev–Trinajstić information content (AvgIpc) is 3.25. The highest BCUT2D eigenvalue weighted by molar-refractivity contribution is 8.26. The van der Waals surface area contributed by atoms with Gasteiger partial charge in [0.1, 0.15) is 21.3 Å². The van der Waals surface area contributed by atoms with Crippen molar-refractivity contribution in [2.75, 3.05) is 7.11 Å². The fraction of sp³-hybridized carbons (Fsp3) is 0.105. The molecule has 0 saturated carbocycles. The number of amides is 1. The van der Waals surface area contributed by atoms with E-state index in [1.54, 1.807) is 25.5 Å². The second-order valence-corrected chi connectivity index (χ2v) is 7.29. The molecule has 0 atom stereocenters. The number of benzene rings is 1. The van der Waals surface area contributed by atoms with E-state index in [0.29, 0.717) is 33.0 Å². The average molecular weight is 382 g/mol. The van der Waals surface area contributed by atoms with Crippen molar-refractivity contribution in [2.24, 2.45) is 0 Å². The molecule has 1 aromatic carbocycles. The van der Waals surface area contributed by atoms with Gasteiger partial charge in [-0.2, -0.15) is 0 Å². The zero-order chi connectivity index (χ0) is 18.1. The number of ether oxygens (including phenoxy) is 1. The molecule has 130 valence electrons. The van der Waals surface area contributed by atoms with Crippen LogP contribution in [0.1, 0.15) is 11.5 Å². The van der Waals surface area contributed by atoms with Crippen LogP contribution in [0, 0.1) is 0 Å². The second kappa shape index (κ2) is 6.93. The number of para-hydroxylation sites is 1. The molecule has 0 spiro atoms. The zero-order valence-electron chi connectivity index (χ0n) is 13.8. The van der Waals surface area contributed by atoms with E-state index in [2.05, 4.69) is 4.98 Å². The summed E-state index contributed by atoms with van der Waals surface area (Å²) < 4.78 is 11.2. The molecule has 0 N–H and O–H groups in total. The fourth-order valence-electron chi connectivity index (χ4n) is 2.71. The Morgan fingerprint density at radius 3 is 2.92 bits per heavy atom. The van der Waals surface area contributed by atoms with Crippen LogP contribution in [0.2, 0.25) is 0 Å². The van der Waals surface area contributed by atoms with Gasteiger partial charge < -0.3 is 9.15 Å². The van der Waals surface area contributed by atoms with E-state index in [4.69, 9.17) is 21.4 Å². The van der Waals surface area contributed by atoms with Crippen LogP contribution < -0.4 is 4.74 Å². The van der Waals surface area contributed by atoms with E-state index >= 15 is 0 Å². The first-order valence-electron chi connectivity index (χ1n) is 7.87. The third-order valence-electron chi connectivity index (χ3n) is 3.97. The van der Waals surface area contributed by atoms with Gasteiger partial charge in [-0.1, -0.05) is 42.2 Å². The number of pyridine rings is 1. The quantitative estimate of drug-likeness (QED) is 0.497. The van der Waals surface area contributed by atoms with Crippen molar-refractivity contribution in [3.8, 4) is 5.75 Å². The van der Waals surface area contributed by atoms with Gasteiger partial charge in [0.15, 0.2) is 0 Å². The molecule has 1 aliphatic heterocycles. The van der Waals surface area contributed by atoms with Gasteiger partial charge in [-0.15, -0.1) is 0 Å². The number of methoxy groups -OCH3 is 1. The number of aromatic nitrogens is 1. The van der Waals surface area contributed by atoms with Crippen LogP contribution in [0.5, 0.6) is 5.75 Å². The minimum atomic E-state index is -0.140. The number of nitrogens with zero attached hydrogens (tertiary/aromatic N) is 2. The number of hydrogen-bond acceptors (Lipinski definition) is 6. The molecule has 0 radical (unpaired) electrons. The number of thiocarbonyl (C=S) groups is 1. The van der Waals surface area contributed by atoms with Crippen LogP contribution in [-0.4, -0.2) is 27.2 Å². The van der Waals surface area contributed by atoms with Crippen LogP contribution in [0.3, 0.4) is 0 Å². The molecule has 0 aliphatic carbocycles. The van der Waals surface area contributed by atoms with E-state index in [9.17, 15) is 4.79 Å². The number of carbonyl (C=O) groups is 1. The van der Waals surface area contributed by atoms with E-state index in [-0.39, 0.29) is 5.91 Å². The van der Waals surface area contributed by atoms with Gasteiger partial charge >= 0.3 is 0 Å². The molecule has 3 heterocycles. The molecular weight excluding hydrogens is 368 g/mol. The number of thioether (sulfide) groups is 1. The highest BCUT2D eigenvalue weighted by Crippen LogP contribution is 2.34. The normalized spacial score (nSPS) is 16.0. The highest BCUT2D eigenvalue weighted by atomic mass is 32.2. The van der Waals surface area contributed by atoms with Crippen molar-refractivity contribution in [3.05, 3.63) is 65.1 Å². The molecule has 1 amide bonds. The van der Waals surface area contributed by atoms with Crippen molar-refractivity contribution in [1.29, 1.82) is 0 Å². The Morgan fingerprint density at radius 1 is 1.27 bits per heavy atom. The Balaban J connectivity index is 1.65. The predicted molar refractivity (Wildman–Crippen MR) is 106 cm³/mol. The fourth-order valence-corrected chi connectivity index (χ4v) is 3.95. The number of fused-ring (bicyclic) bond motifs is 1. The van der Waals surface area contributed by atoms with Crippen molar-refractivity contribution in [1.82, 2.24) is 9.88 Å². The summed E-state index contributed by atoms with van der Waals surface area (Å²) in [4.78, 5) is 19.4. The lowest BCUT2D eigenvalue weighted by atomic mass is 10.2. The highest BCUT2D eigenvalue weighted by Gasteiger charge is 2.32. The van der Waals surface area contributed by atoms with Gasteiger partial charge in [-0.25, -0.2) is 4.98 Å². The molecule has 1 aliphatic rings. The molecule has 26 heavy (non-hydrogen) atoms. The summed E-state index contributed by atoms with van der Waals surface area (Å²) in [6.07, 6.45) is 3.34. The molecule has 2 aromatic heterocycles. The number of rotatable bonds is 4. The van der Waals surface area contributed by atoms with E-state index in [0.717, 1.165) is 10.9 Å². The maximum Gasteiger partial charge on any atom is 0.266 e. The lowest BCUT2D eigenvalue weighted by Gasteiger charge is -2.11. The van der Waals surface area contributed by atoms with Gasteiger partial charge in [0.25, 0.3) is 5.91 Å². The maximum atomic E-state index is 12.7. The Morgan fingerprint density at radius 2 is 2.15 bits per heavy atom. The number of furan rings is 1. The van der Waals surface area contributed by atoms with Gasteiger partial charge in [-0.3, -0.25) is 9.69 Å². The summed E-state index contributed by atoms with van der Waals surface area (Å²) >= 11 is 6.62. The summed E-state index contributed by atoms with van der Waals surface area (Å²) in [6.45, 7) is 0.327. The number of hydrogen-bond donors (Lipinski definition) is 0. The molecule has 0 unspecified atom stereocenters. The summed E-state index contributed by atoms with van der Waals surface area (Å²) in [5.41, 5.74) is 1.44. The molecule has 0 bridgehead atoms. The molecular formula is C19H14N2O3S2. The van der Waals surface area contributed by atoms with E-state index in [1.807, 2.05) is 36.4 Å². The molecule has 5 nitrogen and oxygen atoms in total. The Labute approximate surface area is 159 Å². The maximum absolute atomic E-state index is 12.7. The minimum absolute atomic E-state index is 0.140. The SMILES string of the molecule is COc1cccc2ccc(/C=C3/SC(=S)N(Cc4ccco4)C3=O)nc12. The third-order valence-corrected chi connectivity index (χ3v) is 5.35. The van der Waals surface area contributed by atoms with Crippen LogP contribution in [0.25, 0.3) is 17.0 Å². The Hall–Kier alpha value is -2.64. The smallest absolute Gasteiger partial charge is 0.266 e. The van der Waals surface area contributed by atoms with Crippen molar-refractivity contribution in [2.45, 2.75) is 6.54 Å². The molecule has 7 heteroatoms. The second-order valence-electron chi connectivity index (χ2n) is 5.62. The minimum Gasteiger partial charge on any atom is -0.494 e. The van der Waals surface area contributed by atoms with E-state index in [1.165, 1.54) is 16.7 Å². The van der Waals surface area contributed by atoms with Gasteiger partial charge in [0, 0.05) is 5.39 Å². The van der Waals surface area contributed by atoms with Crippen LogP contribution in [0.4, 0.5) is 0 Å². The largest absolute Gasteiger partial charge is 0.494 e. The van der Waals surface area contributed by atoms with Gasteiger partial charge in [0.05, 0.1) is 30.5 Å². The monoisotopic (exact) mass is 382 g/mol. The first-order chi connectivity index (χ1) is 12.7. The summed E-state index contributed by atoms with van der Waals surface area (Å²) in [7, 11) is 1.61. The summed E-state index contributed by atoms with van der Waals surface area (Å²) in [6, 6.07) is 13.2. The zero-order valence-corrected chi connectivity index (χ0v) is 15.5. The van der Waals surface area contributed by atoms with Crippen LogP contribution >= 0.6 is 24.0 Å². The van der Waals surface area contributed by atoms with Crippen molar-refractivity contribution in [3.63, 3.8) is 0 Å². The standard InChI is InChI=1S/C19H14N2O3S2/c1-23-15-6-2-4-12-7-8-13(20-17(12)15)10-16-18(22)21(19(25)26-16)11-14-5-3-9-24-14/h2-10H,11H2,1H3/b16-10+. The lowest BCUT2D eigenvalue weighted by Crippen LogP contribution is -2.27. The lowest BCUT2D eigenvalue weighted by molar-refractivity contribution is -0.122. The summed E-state index contributed by atoms with van der Waals surface area (Å²) in [5.74, 6) is 1.25. The van der Waals surface area contributed by atoms with Crippen molar-refractivity contribution >= 4 is 51.2 Å². The Kier molecular flexibility index (Phi) is 4.48. The van der Waals surface area contributed by atoms with E-state index < -0.39 is 0 Å². The summed E-state index contributed by atoms with van der Waals surface area (Å²) in [5, 5.41) is 0.979. The van der Waals surface area contributed by atoms with Crippen LogP contribution in [-0.2, 0) is 11.3 Å². The topological polar surface area (TPSA) is 55.6 Å².